The number of nitrogen functional groups attached to an aromatic ring is 2. The summed E-state index contributed by atoms with van der Waals surface area (Å²) in [5.41, 5.74) is 13.8. The maximum atomic E-state index is 13.3. The third-order valence-corrected chi connectivity index (χ3v) is 6.72. The van der Waals surface area contributed by atoms with Gasteiger partial charge in [-0.2, -0.15) is 0 Å². The number of nitrogens with zero attached hydrogens (tertiary/aromatic N) is 3. The monoisotopic (exact) mass is 596 g/mol. The van der Waals surface area contributed by atoms with E-state index in [4.69, 9.17) is 27.8 Å². The van der Waals surface area contributed by atoms with Crippen molar-refractivity contribution in [3.05, 3.63) is 81.6 Å². The minimum Gasteiger partial charge on any atom is -0.478 e. The summed E-state index contributed by atoms with van der Waals surface area (Å²) in [5.74, 6) is -2.02. The first-order valence-corrected chi connectivity index (χ1v) is 13.8. The lowest BCUT2D eigenvalue weighted by molar-refractivity contribution is 0.0222. The number of hydrogen-bond donors (Lipinski definition) is 4. The lowest BCUT2D eigenvalue weighted by Gasteiger charge is -2.31. The van der Waals surface area contributed by atoms with Gasteiger partial charge in [0.15, 0.2) is 22.5 Å². The van der Waals surface area contributed by atoms with Crippen LogP contribution < -0.4 is 16.8 Å². The number of halogens is 1. The van der Waals surface area contributed by atoms with Gasteiger partial charge in [-0.3, -0.25) is 4.79 Å². The van der Waals surface area contributed by atoms with E-state index in [1.807, 2.05) is 31.2 Å². The van der Waals surface area contributed by atoms with Crippen LogP contribution in [0.15, 0.2) is 48.5 Å². The smallest absolute Gasteiger partial charge is 0.410 e. The van der Waals surface area contributed by atoms with E-state index >= 15 is 0 Å². The van der Waals surface area contributed by atoms with Crippen molar-refractivity contribution in [3.8, 4) is 0 Å². The van der Waals surface area contributed by atoms with Gasteiger partial charge in [0, 0.05) is 19.6 Å². The average molecular weight is 597 g/mol. The number of aryl methyl sites for hydroxylation is 1. The highest BCUT2D eigenvalue weighted by Gasteiger charge is 2.26. The molecular weight excluding hydrogens is 560 g/mol. The zero-order valence-corrected chi connectivity index (χ0v) is 24.9. The molecule has 12 heteroatoms. The van der Waals surface area contributed by atoms with E-state index in [1.54, 1.807) is 37.8 Å². The largest absolute Gasteiger partial charge is 0.478 e. The lowest BCUT2D eigenvalue weighted by Crippen LogP contribution is -2.44. The first-order valence-electron chi connectivity index (χ1n) is 13.4. The van der Waals surface area contributed by atoms with Gasteiger partial charge in [-0.05, 0) is 75.3 Å². The summed E-state index contributed by atoms with van der Waals surface area (Å²) >= 11 is 5.96. The highest BCUT2D eigenvalue weighted by Crippen LogP contribution is 2.20. The molecule has 0 aliphatic heterocycles. The van der Waals surface area contributed by atoms with Gasteiger partial charge in [-0.25, -0.2) is 19.6 Å². The molecule has 11 nitrogen and oxygen atoms in total. The van der Waals surface area contributed by atoms with Crippen molar-refractivity contribution in [2.45, 2.75) is 46.1 Å². The number of carboxylic acid groups (broad SMARTS) is 1. The number of nitrogens with two attached hydrogens (primary N) is 2. The van der Waals surface area contributed by atoms with Crippen LogP contribution in [-0.4, -0.2) is 63.2 Å². The minimum atomic E-state index is -1.01. The average Bonchev–Trinajstić information content (AvgIpc) is 2.91. The molecule has 2 aromatic carbocycles. The quantitative estimate of drug-likeness (QED) is 0.250. The summed E-state index contributed by atoms with van der Waals surface area (Å²) in [6.45, 7) is 8.14. The van der Waals surface area contributed by atoms with Crippen molar-refractivity contribution in [3.63, 3.8) is 0 Å². The van der Waals surface area contributed by atoms with Gasteiger partial charge in [-0.15, -0.1) is 0 Å². The molecule has 3 rings (SSSR count). The molecule has 0 bridgehead atoms. The van der Waals surface area contributed by atoms with Crippen LogP contribution in [0, 0.1) is 12.8 Å². The van der Waals surface area contributed by atoms with Crippen LogP contribution in [0.5, 0.6) is 0 Å². The Kier molecular flexibility index (Phi) is 10.7. The van der Waals surface area contributed by atoms with E-state index in [0.29, 0.717) is 19.4 Å². The summed E-state index contributed by atoms with van der Waals surface area (Å²) in [6, 6.07) is 14.4. The molecule has 1 atom stereocenters. The predicted octanol–water partition coefficient (Wildman–Crippen LogP) is 4.37. The Balaban J connectivity index is 1.84. The number of carbonyl (C=O) groups is 3. The van der Waals surface area contributed by atoms with E-state index in [1.165, 1.54) is 12.1 Å². The fourth-order valence-electron chi connectivity index (χ4n) is 4.25. The molecule has 0 aliphatic rings. The molecule has 0 saturated carbocycles. The highest BCUT2D eigenvalue weighted by molar-refractivity contribution is 6.31. The molecule has 6 N–H and O–H groups in total. The summed E-state index contributed by atoms with van der Waals surface area (Å²) < 4.78 is 5.71. The van der Waals surface area contributed by atoms with Crippen molar-refractivity contribution in [2.24, 2.45) is 5.92 Å². The minimum absolute atomic E-state index is 0.0752. The number of benzene rings is 2. The van der Waals surface area contributed by atoms with Crippen LogP contribution in [0.3, 0.4) is 0 Å². The predicted molar refractivity (Wildman–Crippen MR) is 161 cm³/mol. The number of ether oxygens (including phenoxy) is 1. The number of rotatable bonds is 11. The van der Waals surface area contributed by atoms with Crippen LogP contribution in [0.1, 0.15) is 58.3 Å². The number of carbonyl (C=O) groups excluding carboxylic acids is 2. The van der Waals surface area contributed by atoms with Crippen molar-refractivity contribution in [1.29, 1.82) is 0 Å². The van der Waals surface area contributed by atoms with Crippen LogP contribution in [0.4, 0.5) is 16.4 Å². The Labute approximate surface area is 250 Å². The van der Waals surface area contributed by atoms with Crippen LogP contribution in [0.2, 0.25) is 5.15 Å². The van der Waals surface area contributed by atoms with Crippen molar-refractivity contribution < 1.29 is 24.2 Å². The summed E-state index contributed by atoms with van der Waals surface area (Å²) in [4.78, 5) is 47.0. The summed E-state index contributed by atoms with van der Waals surface area (Å²) in [6.07, 6.45) is 0.535. The van der Waals surface area contributed by atoms with E-state index in [9.17, 15) is 19.5 Å². The lowest BCUT2D eigenvalue weighted by atomic mass is 9.95. The van der Waals surface area contributed by atoms with Crippen molar-refractivity contribution in [1.82, 2.24) is 20.2 Å². The van der Waals surface area contributed by atoms with Gasteiger partial charge in [0.05, 0.1) is 5.56 Å². The third-order valence-electron chi connectivity index (χ3n) is 6.44. The zero-order valence-electron chi connectivity index (χ0n) is 24.2. The van der Waals surface area contributed by atoms with Gasteiger partial charge < -0.3 is 31.5 Å². The molecule has 0 fully saturated rings. The zero-order chi connectivity index (χ0) is 31.0. The molecule has 0 spiro atoms. The standard InChI is InChI=1S/C30H37ClN6O5/c1-18-7-5-6-8-22(18)15-20(16-34-27(38)23-25(32)36-26(33)24(31)35-23)17-37(29(41)42-30(2,3)4)14-13-19-9-11-21(12-10-19)28(39)40/h5-12,20H,13-17H2,1-4H3,(H,34,38)(H,39,40)(H4,32,33,36). The van der Waals surface area contributed by atoms with Crippen LogP contribution >= 0.6 is 11.6 Å². The molecule has 1 heterocycles. The fraction of sp³-hybridized carbons (Fsp3) is 0.367. The van der Waals surface area contributed by atoms with Gasteiger partial charge in [-0.1, -0.05) is 48.0 Å². The Morgan fingerprint density at radius 2 is 1.71 bits per heavy atom. The normalized spacial score (nSPS) is 11.9. The van der Waals surface area contributed by atoms with E-state index in [-0.39, 0.29) is 47.1 Å². The first-order chi connectivity index (χ1) is 19.7. The third kappa shape index (κ3) is 9.34. The van der Waals surface area contributed by atoms with Crippen LogP contribution in [-0.2, 0) is 17.6 Å². The maximum Gasteiger partial charge on any atom is 0.410 e. The van der Waals surface area contributed by atoms with E-state index in [0.717, 1.165) is 16.7 Å². The topological polar surface area (TPSA) is 174 Å². The Hall–Kier alpha value is -4.38. The molecule has 0 radical (unpaired) electrons. The second kappa shape index (κ2) is 14.0. The van der Waals surface area contributed by atoms with E-state index < -0.39 is 23.6 Å². The molecule has 1 unspecified atom stereocenters. The van der Waals surface area contributed by atoms with Gasteiger partial charge in [0.2, 0.25) is 0 Å². The highest BCUT2D eigenvalue weighted by atomic mass is 35.5. The molecular formula is C30H37ClN6O5. The first kappa shape index (κ1) is 32.1. The number of aromatic carboxylic acids is 1. The second-order valence-corrected chi connectivity index (χ2v) is 11.4. The van der Waals surface area contributed by atoms with Gasteiger partial charge in [0.25, 0.3) is 5.91 Å². The van der Waals surface area contributed by atoms with Gasteiger partial charge in [0.1, 0.15) is 5.60 Å². The van der Waals surface area contributed by atoms with E-state index in [2.05, 4.69) is 15.3 Å². The Morgan fingerprint density at radius 3 is 2.33 bits per heavy atom. The summed E-state index contributed by atoms with van der Waals surface area (Å²) in [7, 11) is 0. The van der Waals surface area contributed by atoms with Crippen LogP contribution in [0.25, 0.3) is 0 Å². The van der Waals surface area contributed by atoms with Crippen molar-refractivity contribution in [2.75, 3.05) is 31.1 Å². The Bertz CT molecular complexity index is 1420. The molecule has 3 aromatic rings. The number of anilines is 2. The fourth-order valence-corrected chi connectivity index (χ4v) is 4.38. The molecule has 0 aliphatic carbocycles. The SMILES string of the molecule is Cc1ccccc1CC(CNC(=O)c1nc(Cl)c(N)nc1N)CN(CCc1ccc(C(=O)O)cc1)C(=O)OC(C)(C)C. The van der Waals surface area contributed by atoms with Gasteiger partial charge >= 0.3 is 12.1 Å². The molecule has 0 saturated heterocycles. The summed E-state index contributed by atoms with van der Waals surface area (Å²) in [5, 5.41) is 11.9. The maximum absolute atomic E-state index is 13.3. The van der Waals surface area contributed by atoms with Crippen molar-refractivity contribution >= 4 is 41.2 Å². The Morgan fingerprint density at radius 1 is 1.05 bits per heavy atom. The number of aromatic nitrogens is 2. The number of amides is 2. The number of carboxylic acids is 1. The second-order valence-electron chi connectivity index (χ2n) is 11.0. The number of hydrogen-bond acceptors (Lipinski definition) is 8. The molecule has 2 amide bonds. The molecule has 224 valence electrons. The number of nitrogens with one attached hydrogen (secondary N) is 1. The molecule has 1 aromatic heterocycles. The molecule has 42 heavy (non-hydrogen) atoms.